The van der Waals surface area contributed by atoms with Gasteiger partial charge in [-0.15, -0.1) is 0 Å². The molecule has 2 N–H and O–H groups in total. The number of ether oxygens (including phenoxy) is 1. The van der Waals surface area contributed by atoms with Crippen molar-refractivity contribution in [1.82, 2.24) is 24.2 Å². The molecule has 1 saturated heterocycles. The largest absolute Gasteiger partial charge is 0.471 e. The summed E-state index contributed by atoms with van der Waals surface area (Å²) in [5.41, 5.74) is -0.134. The van der Waals surface area contributed by atoms with Gasteiger partial charge in [0.1, 0.15) is 23.1 Å². The number of alkyl halides is 4. The number of piperidine rings is 1. The second kappa shape index (κ2) is 11.3. The molecule has 0 radical (unpaired) electrons. The van der Waals surface area contributed by atoms with Gasteiger partial charge in [0.2, 0.25) is 5.88 Å². The second-order valence-corrected chi connectivity index (χ2v) is 9.26. The van der Waals surface area contributed by atoms with E-state index in [2.05, 4.69) is 41.8 Å². The van der Waals surface area contributed by atoms with Gasteiger partial charge in [-0.05, 0) is 43.9 Å². The molecular weight excluding hydrogens is 514 g/mol. The number of aromatic nitrogens is 4. The van der Waals surface area contributed by atoms with Crippen molar-refractivity contribution in [1.29, 1.82) is 0 Å². The fraction of sp³-hybridized carbons (Fsp3) is 0.435. The summed E-state index contributed by atoms with van der Waals surface area (Å²) >= 11 is 0.958. The lowest BCUT2D eigenvalue weighted by Crippen LogP contribution is -2.47. The van der Waals surface area contributed by atoms with E-state index in [1.54, 1.807) is 19.1 Å². The fourth-order valence-electron chi connectivity index (χ4n) is 3.85. The Morgan fingerprint density at radius 2 is 2.03 bits per heavy atom. The number of anilines is 3. The van der Waals surface area contributed by atoms with Gasteiger partial charge in [0, 0.05) is 19.2 Å². The first-order chi connectivity index (χ1) is 17.6. The van der Waals surface area contributed by atoms with Gasteiger partial charge in [-0.2, -0.15) is 17.5 Å². The second-order valence-electron chi connectivity index (χ2n) is 8.48. The van der Waals surface area contributed by atoms with Gasteiger partial charge in [0.25, 0.3) is 5.91 Å². The SMILES string of the molecule is CCCN1CC[C@@H](Oc2ccc(NC(=O)c3c(C)nsc3Nc3cnc(C(F)(F)F)cn3)cn2)[C@@H](F)C1. The lowest BCUT2D eigenvalue weighted by molar-refractivity contribution is -0.141. The van der Waals surface area contributed by atoms with E-state index in [0.29, 0.717) is 35.5 Å². The van der Waals surface area contributed by atoms with Crippen molar-refractivity contribution >= 4 is 33.9 Å². The van der Waals surface area contributed by atoms with Crippen molar-refractivity contribution in [3.63, 3.8) is 0 Å². The number of nitrogens with zero attached hydrogens (tertiary/aromatic N) is 5. The van der Waals surface area contributed by atoms with E-state index in [1.807, 2.05) is 0 Å². The van der Waals surface area contributed by atoms with Crippen LogP contribution in [0.4, 0.5) is 34.1 Å². The smallest absolute Gasteiger partial charge is 0.434 e. The van der Waals surface area contributed by atoms with Gasteiger partial charge in [-0.25, -0.2) is 19.3 Å². The molecular formula is C23H25F4N7O2S. The Morgan fingerprint density at radius 3 is 2.65 bits per heavy atom. The maximum absolute atomic E-state index is 14.5. The number of carbonyl (C=O) groups excluding carboxylic acids is 1. The Bertz CT molecular complexity index is 1210. The van der Waals surface area contributed by atoms with E-state index in [0.717, 1.165) is 37.2 Å². The number of hydrogen-bond donors (Lipinski definition) is 2. The molecule has 3 aromatic heterocycles. The third-order valence-electron chi connectivity index (χ3n) is 5.65. The molecule has 0 saturated carbocycles. The molecule has 2 atom stereocenters. The fourth-order valence-corrected chi connectivity index (χ4v) is 4.65. The van der Waals surface area contributed by atoms with Crippen molar-refractivity contribution in [2.75, 3.05) is 30.3 Å². The van der Waals surface area contributed by atoms with Gasteiger partial charge in [-0.1, -0.05) is 6.92 Å². The van der Waals surface area contributed by atoms with Crippen molar-refractivity contribution in [2.45, 2.75) is 45.1 Å². The molecule has 1 aliphatic heterocycles. The maximum Gasteiger partial charge on any atom is 0.434 e. The van der Waals surface area contributed by atoms with E-state index in [-0.39, 0.29) is 17.3 Å². The van der Waals surface area contributed by atoms with Gasteiger partial charge < -0.3 is 20.3 Å². The van der Waals surface area contributed by atoms with E-state index in [1.165, 1.54) is 6.20 Å². The molecule has 37 heavy (non-hydrogen) atoms. The van der Waals surface area contributed by atoms with Crippen molar-refractivity contribution in [2.24, 2.45) is 0 Å². The Morgan fingerprint density at radius 1 is 1.22 bits per heavy atom. The van der Waals surface area contributed by atoms with Crippen LogP contribution in [0.1, 0.15) is 41.5 Å². The van der Waals surface area contributed by atoms with Crippen LogP contribution >= 0.6 is 11.5 Å². The molecule has 4 heterocycles. The first-order valence-corrected chi connectivity index (χ1v) is 12.3. The lowest BCUT2D eigenvalue weighted by Gasteiger charge is -2.34. The van der Waals surface area contributed by atoms with Gasteiger partial charge >= 0.3 is 6.18 Å². The zero-order valence-electron chi connectivity index (χ0n) is 20.0. The van der Waals surface area contributed by atoms with Crippen LogP contribution in [0.5, 0.6) is 5.88 Å². The van der Waals surface area contributed by atoms with Crippen LogP contribution in [0.3, 0.4) is 0 Å². The quantitative estimate of drug-likeness (QED) is 0.392. The highest BCUT2D eigenvalue weighted by atomic mass is 32.1. The summed E-state index contributed by atoms with van der Waals surface area (Å²) in [6.45, 7) is 5.63. The minimum atomic E-state index is -4.61. The Kier molecular flexibility index (Phi) is 8.17. The van der Waals surface area contributed by atoms with Gasteiger partial charge in [0.05, 0.1) is 35.5 Å². The lowest BCUT2D eigenvalue weighted by atomic mass is 10.1. The normalized spacial score (nSPS) is 18.4. The van der Waals surface area contributed by atoms with Crippen LogP contribution in [-0.4, -0.2) is 62.0 Å². The number of nitrogens with one attached hydrogen (secondary N) is 2. The molecule has 0 unspecified atom stereocenters. The zero-order valence-corrected chi connectivity index (χ0v) is 20.9. The first kappa shape index (κ1) is 26.7. The Labute approximate surface area is 214 Å². The van der Waals surface area contributed by atoms with E-state index in [9.17, 15) is 22.4 Å². The summed E-state index contributed by atoms with van der Waals surface area (Å²) in [4.78, 5) is 26.3. The minimum Gasteiger partial charge on any atom is -0.471 e. The van der Waals surface area contributed by atoms with Crippen LogP contribution in [0, 0.1) is 6.92 Å². The number of likely N-dealkylation sites (tertiary alicyclic amines) is 1. The van der Waals surface area contributed by atoms with Crippen molar-refractivity contribution in [3.8, 4) is 5.88 Å². The number of amides is 1. The summed E-state index contributed by atoms with van der Waals surface area (Å²) in [5, 5.41) is 5.78. The Hall–Kier alpha value is -3.39. The molecule has 9 nitrogen and oxygen atoms in total. The molecule has 1 aliphatic rings. The number of halogens is 4. The van der Waals surface area contributed by atoms with Crippen molar-refractivity contribution < 1.29 is 27.1 Å². The monoisotopic (exact) mass is 539 g/mol. The highest BCUT2D eigenvalue weighted by molar-refractivity contribution is 7.10. The molecule has 14 heteroatoms. The van der Waals surface area contributed by atoms with Crippen LogP contribution < -0.4 is 15.4 Å². The predicted molar refractivity (Wildman–Crippen MR) is 130 cm³/mol. The van der Waals surface area contributed by atoms with Crippen LogP contribution in [0.25, 0.3) is 0 Å². The predicted octanol–water partition coefficient (Wildman–Crippen LogP) is 4.85. The summed E-state index contributed by atoms with van der Waals surface area (Å²) in [7, 11) is 0. The first-order valence-electron chi connectivity index (χ1n) is 11.6. The van der Waals surface area contributed by atoms with E-state index in [4.69, 9.17) is 4.74 Å². The zero-order chi connectivity index (χ0) is 26.6. The summed E-state index contributed by atoms with van der Waals surface area (Å²) in [6, 6.07) is 3.14. The standard InChI is InChI=1S/C23H25F4N7O2S/c1-3-7-34-8-6-16(15(24)12-34)36-19-5-4-14(9-30-19)31-21(35)20-13(2)33-37-22(20)32-18-11-28-17(10-29-18)23(25,26)27/h4-5,9-11,15-16H,3,6-8,12H2,1-2H3,(H,29,32)(H,31,35)/t15-,16+/m0/s1. The minimum absolute atomic E-state index is 0.0283. The molecule has 1 fully saturated rings. The molecule has 3 aromatic rings. The third kappa shape index (κ3) is 6.68. The van der Waals surface area contributed by atoms with Crippen LogP contribution in [0.2, 0.25) is 0 Å². The van der Waals surface area contributed by atoms with E-state index < -0.39 is 30.1 Å². The molecule has 0 spiro atoms. The van der Waals surface area contributed by atoms with E-state index >= 15 is 0 Å². The molecule has 0 bridgehead atoms. The number of carbonyl (C=O) groups is 1. The average Bonchev–Trinajstić information content (AvgIpc) is 3.22. The van der Waals surface area contributed by atoms with Crippen molar-refractivity contribution in [3.05, 3.63) is 47.7 Å². The van der Waals surface area contributed by atoms with Crippen LogP contribution in [0.15, 0.2) is 30.7 Å². The summed E-state index contributed by atoms with van der Waals surface area (Å²) in [5.74, 6) is -0.219. The van der Waals surface area contributed by atoms with Gasteiger partial charge in [-0.3, -0.25) is 4.79 Å². The Balaban J connectivity index is 1.37. The topological polar surface area (TPSA) is 105 Å². The summed E-state index contributed by atoms with van der Waals surface area (Å²) < 4.78 is 62.5. The molecule has 1 amide bonds. The highest BCUT2D eigenvalue weighted by Gasteiger charge is 2.33. The number of pyridine rings is 1. The highest BCUT2D eigenvalue weighted by Crippen LogP contribution is 2.30. The number of aryl methyl sites for hydroxylation is 1. The van der Waals surface area contributed by atoms with Crippen LogP contribution in [-0.2, 0) is 6.18 Å². The molecule has 0 aliphatic carbocycles. The number of rotatable bonds is 8. The van der Waals surface area contributed by atoms with Gasteiger partial charge in [0.15, 0.2) is 5.69 Å². The molecule has 4 rings (SSSR count). The maximum atomic E-state index is 14.5. The third-order valence-corrected chi connectivity index (χ3v) is 6.50. The summed E-state index contributed by atoms with van der Waals surface area (Å²) in [6.07, 6.45) is -1.84. The average molecular weight is 540 g/mol. The molecule has 0 aromatic carbocycles. The molecule has 198 valence electrons. The number of hydrogen-bond acceptors (Lipinski definition) is 9.